The minimum atomic E-state index is -3.75. The molecule has 0 saturated carbocycles. The molecule has 2 aliphatic heterocycles. The highest BCUT2D eigenvalue weighted by atomic mass is 32.2. The smallest absolute Gasteiger partial charge is 0.264 e. The lowest BCUT2D eigenvalue weighted by Crippen LogP contribution is -2.37. The summed E-state index contributed by atoms with van der Waals surface area (Å²) in [4.78, 5) is 17.5. The van der Waals surface area contributed by atoms with E-state index in [2.05, 4.69) is 4.90 Å². The van der Waals surface area contributed by atoms with E-state index in [4.69, 9.17) is 0 Å². The molecule has 30 heavy (non-hydrogen) atoms. The van der Waals surface area contributed by atoms with Gasteiger partial charge in [0.15, 0.2) is 0 Å². The van der Waals surface area contributed by atoms with Gasteiger partial charge in [-0.2, -0.15) is 0 Å². The number of carbonyl (C=O) groups excluding carboxylic acids is 1. The first kappa shape index (κ1) is 20.9. The second-order valence-corrected chi connectivity index (χ2v) is 10.2. The third-order valence-corrected chi connectivity index (χ3v) is 8.03. The van der Waals surface area contributed by atoms with E-state index in [1.165, 1.54) is 30.3 Å². The Labute approximate surface area is 179 Å². The lowest BCUT2D eigenvalue weighted by Gasteiger charge is -2.24. The van der Waals surface area contributed by atoms with Crippen molar-refractivity contribution in [3.63, 3.8) is 0 Å². The van der Waals surface area contributed by atoms with E-state index in [9.17, 15) is 13.2 Å². The number of carbonyl (C=O) groups is 1. The third kappa shape index (κ3) is 4.09. The first-order chi connectivity index (χ1) is 14.4. The Morgan fingerprint density at radius 3 is 2.43 bits per heavy atom. The molecule has 2 saturated heterocycles. The van der Waals surface area contributed by atoms with Crippen LogP contribution in [0.4, 0.5) is 5.69 Å². The van der Waals surface area contributed by atoms with Crippen molar-refractivity contribution in [1.82, 2.24) is 9.80 Å². The zero-order valence-corrected chi connectivity index (χ0v) is 18.4. The minimum absolute atomic E-state index is 0.0910. The number of hydrogen-bond acceptors (Lipinski definition) is 4. The van der Waals surface area contributed by atoms with E-state index >= 15 is 0 Å². The van der Waals surface area contributed by atoms with Gasteiger partial charge in [-0.3, -0.25) is 14.0 Å². The van der Waals surface area contributed by atoms with E-state index < -0.39 is 10.0 Å². The lowest BCUT2D eigenvalue weighted by atomic mass is 10.2. The predicted molar refractivity (Wildman–Crippen MR) is 118 cm³/mol. The molecule has 0 aliphatic carbocycles. The van der Waals surface area contributed by atoms with Crippen molar-refractivity contribution in [3.8, 4) is 0 Å². The standard InChI is InChI=1S/C23H29N3O3S/c1-18-8-10-20(11-9-18)24(2)30(28,29)22-7-5-6-19(16-22)23(27)26-15-12-21(17-26)25-13-3-4-14-25/h5-11,16,21H,3-4,12-15,17H2,1-2H3. The van der Waals surface area contributed by atoms with E-state index in [-0.39, 0.29) is 10.8 Å². The fourth-order valence-corrected chi connectivity index (χ4v) is 5.60. The Kier molecular flexibility index (Phi) is 5.84. The number of nitrogens with zero attached hydrogens (tertiary/aromatic N) is 3. The van der Waals surface area contributed by atoms with Crippen molar-refractivity contribution < 1.29 is 13.2 Å². The van der Waals surface area contributed by atoms with Crippen molar-refractivity contribution in [1.29, 1.82) is 0 Å². The number of benzene rings is 2. The summed E-state index contributed by atoms with van der Waals surface area (Å²) in [5, 5.41) is 0. The molecule has 2 aromatic rings. The largest absolute Gasteiger partial charge is 0.337 e. The van der Waals surface area contributed by atoms with Gasteiger partial charge in [0.05, 0.1) is 10.6 Å². The number of amides is 1. The van der Waals surface area contributed by atoms with Crippen LogP contribution in [0, 0.1) is 6.92 Å². The zero-order valence-electron chi connectivity index (χ0n) is 17.6. The molecule has 160 valence electrons. The van der Waals surface area contributed by atoms with E-state index in [1.54, 1.807) is 30.3 Å². The maximum absolute atomic E-state index is 13.1. The van der Waals surface area contributed by atoms with Gasteiger partial charge < -0.3 is 4.90 Å². The summed E-state index contributed by atoms with van der Waals surface area (Å²) in [6.07, 6.45) is 3.46. The summed E-state index contributed by atoms with van der Waals surface area (Å²) in [7, 11) is -2.22. The van der Waals surface area contributed by atoms with Crippen LogP contribution in [0.1, 0.15) is 35.2 Å². The molecule has 2 heterocycles. The molecule has 1 amide bonds. The number of anilines is 1. The fraction of sp³-hybridized carbons (Fsp3) is 0.435. The molecule has 0 spiro atoms. The van der Waals surface area contributed by atoms with Crippen molar-refractivity contribution in [2.45, 2.75) is 37.1 Å². The van der Waals surface area contributed by atoms with E-state index in [0.717, 1.165) is 38.2 Å². The Balaban J connectivity index is 1.51. The van der Waals surface area contributed by atoms with Crippen LogP contribution in [0.3, 0.4) is 0 Å². The summed E-state index contributed by atoms with van der Waals surface area (Å²) in [5.74, 6) is -0.0910. The van der Waals surface area contributed by atoms with Crippen LogP contribution in [0.2, 0.25) is 0 Å². The molecule has 2 aliphatic rings. The number of aryl methyl sites for hydroxylation is 1. The van der Waals surface area contributed by atoms with Crippen LogP contribution >= 0.6 is 0 Å². The van der Waals surface area contributed by atoms with Crippen LogP contribution < -0.4 is 4.31 Å². The van der Waals surface area contributed by atoms with E-state index in [1.807, 2.05) is 24.0 Å². The van der Waals surface area contributed by atoms with Crippen LogP contribution in [0.15, 0.2) is 53.4 Å². The van der Waals surface area contributed by atoms with Crippen molar-refractivity contribution in [2.24, 2.45) is 0 Å². The van der Waals surface area contributed by atoms with Crippen molar-refractivity contribution in [2.75, 3.05) is 37.5 Å². The summed E-state index contributed by atoms with van der Waals surface area (Å²) in [5.41, 5.74) is 2.08. The van der Waals surface area contributed by atoms with Gasteiger partial charge in [0.1, 0.15) is 0 Å². The Bertz CT molecular complexity index is 1010. The predicted octanol–water partition coefficient (Wildman–Crippen LogP) is 3.13. The highest BCUT2D eigenvalue weighted by Gasteiger charge is 2.32. The molecule has 6 nitrogen and oxygen atoms in total. The molecule has 2 aromatic carbocycles. The summed E-state index contributed by atoms with van der Waals surface area (Å²) in [6, 6.07) is 14.2. The van der Waals surface area contributed by atoms with Gasteiger partial charge in [0.25, 0.3) is 15.9 Å². The molecule has 0 aromatic heterocycles. The molecule has 1 unspecified atom stereocenters. The summed E-state index contributed by atoms with van der Waals surface area (Å²) < 4.78 is 27.5. The molecular formula is C23H29N3O3S. The highest BCUT2D eigenvalue weighted by molar-refractivity contribution is 7.92. The van der Waals surface area contributed by atoms with Crippen LogP contribution in [-0.2, 0) is 10.0 Å². The second-order valence-electron chi connectivity index (χ2n) is 8.27. The fourth-order valence-electron chi connectivity index (χ4n) is 4.35. The minimum Gasteiger partial charge on any atom is -0.337 e. The van der Waals surface area contributed by atoms with Crippen molar-refractivity contribution >= 4 is 21.6 Å². The topological polar surface area (TPSA) is 60.9 Å². The Hall–Kier alpha value is -2.38. The molecule has 2 fully saturated rings. The molecule has 1 atom stereocenters. The monoisotopic (exact) mass is 427 g/mol. The van der Waals surface area contributed by atoms with Crippen LogP contribution in [-0.4, -0.2) is 63.4 Å². The number of rotatable bonds is 5. The Morgan fingerprint density at radius 2 is 1.73 bits per heavy atom. The van der Waals surface area contributed by atoms with Crippen molar-refractivity contribution in [3.05, 3.63) is 59.7 Å². The third-order valence-electron chi connectivity index (χ3n) is 6.24. The Morgan fingerprint density at radius 1 is 1.03 bits per heavy atom. The maximum Gasteiger partial charge on any atom is 0.264 e. The van der Waals surface area contributed by atoms with Gasteiger partial charge >= 0.3 is 0 Å². The molecule has 0 N–H and O–H groups in total. The van der Waals surface area contributed by atoms with Gasteiger partial charge in [-0.15, -0.1) is 0 Å². The van der Waals surface area contributed by atoms with Crippen LogP contribution in [0.25, 0.3) is 0 Å². The van der Waals surface area contributed by atoms with Gasteiger partial charge in [0.2, 0.25) is 0 Å². The molecule has 7 heteroatoms. The zero-order chi connectivity index (χ0) is 21.3. The quantitative estimate of drug-likeness (QED) is 0.736. The molecule has 4 rings (SSSR count). The van der Waals surface area contributed by atoms with Crippen LogP contribution in [0.5, 0.6) is 0 Å². The number of sulfonamides is 1. The second kappa shape index (κ2) is 8.40. The van der Waals surface area contributed by atoms with Gasteiger partial charge in [-0.1, -0.05) is 23.8 Å². The molecule has 0 bridgehead atoms. The lowest BCUT2D eigenvalue weighted by molar-refractivity contribution is 0.0780. The SMILES string of the molecule is Cc1ccc(N(C)S(=O)(=O)c2cccc(C(=O)N3CCC(N4CCCC4)C3)c2)cc1. The molecule has 0 radical (unpaired) electrons. The average Bonchev–Trinajstić information content (AvgIpc) is 3.45. The summed E-state index contributed by atoms with van der Waals surface area (Å²) in [6.45, 7) is 5.64. The van der Waals surface area contributed by atoms with E-state index in [0.29, 0.717) is 17.3 Å². The average molecular weight is 428 g/mol. The molecular weight excluding hydrogens is 398 g/mol. The first-order valence-electron chi connectivity index (χ1n) is 10.6. The normalized spacial score (nSPS) is 19.9. The van der Waals surface area contributed by atoms with Gasteiger partial charge in [0, 0.05) is 31.7 Å². The first-order valence-corrected chi connectivity index (χ1v) is 12.0. The highest BCUT2D eigenvalue weighted by Crippen LogP contribution is 2.25. The van der Waals surface area contributed by atoms with Gasteiger partial charge in [-0.25, -0.2) is 8.42 Å². The number of likely N-dealkylation sites (tertiary alicyclic amines) is 2. The van der Waals surface area contributed by atoms with Gasteiger partial charge in [-0.05, 0) is 69.6 Å². The summed E-state index contributed by atoms with van der Waals surface area (Å²) >= 11 is 0. The maximum atomic E-state index is 13.1. The number of hydrogen-bond donors (Lipinski definition) is 0.